The minimum absolute atomic E-state index is 0.0217. The molecule has 0 spiro atoms. The van der Waals surface area contributed by atoms with Crippen LogP contribution in [0.4, 0.5) is 0 Å². The van der Waals surface area contributed by atoms with Crippen LogP contribution in [0, 0.1) is 0 Å². The number of hydrogen-bond acceptors (Lipinski definition) is 4. The quantitative estimate of drug-likeness (QED) is 0.850. The third-order valence-corrected chi connectivity index (χ3v) is 5.38. The number of carbonyl (C=O) groups is 2. The summed E-state index contributed by atoms with van der Waals surface area (Å²) in [5.74, 6) is 1.24. The Balaban J connectivity index is 1.78. The van der Waals surface area contributed by atoms with E-state index < -0.39 is 0 Å². The summed E-state index contributed by atoms with van der Waals surface area (Å²) in [5, 5.41) is -0.143. The molecule has 0 radical (unpaired) electrons. The molecule has 6 heteroatoms. The minimum atomic E-state index is -0.143. The van der Waals surface area contributed by atoms with Crippen molar-refractivity contribution in [3.63, 3.8) is 0 Å². The maximum absolute atomic E-state index is 12.4. The van der Waals surface area contributed by atoms with Gasteiger partial charge in [0.15, 0.2) is 0 Å². The second-order valence-corrected chi connectivity index (χ2v) is 6.58. The molecule has 0 N–H and O–H groups in total. The smallest absolute Gasteiger partial charge is 0.242 e. The van der Waals surface area contributed by atoms with Gasteiger partial charge in [-0.2, -0.15) is 0 Å². The molecule has 1 aromatic carbocycles. The Morgan fingerprint density at radius 3 is 2.77 bits per heavy atom. The fourth-order valence-electron chi connectivity index (χ4n) is 2.97. The molecule has 0 bridgehead atoms. The largest absolute Gasteiger partial charge is 0.496 e. The summed E-state index contributed by atoms with van der Waals surface area (Å²) in [6, 6.07) is 7.69. The number of thioether (sulfide) groups is 1. The van der Waals surface area contributed by atoms with Crippen molar-refractivity contribution in [2.45, 2.75) is 18.2 Å². The molecule has 0 unspecified atom stereocenters. The Morgan fingerprint density at radius 2 is 2.05 bits per heavy atom. The van der Waals surface area contributed by atoms with Gasteiger partial charge in [-0.25, -0.2) is 0 Å². The molecule has 2 amide bonds. The Kier molecular flexibility index (Phi) is 4.57. The Hall–Kier alpha value is -1.69. The van der Waals surface area contributed by atoms with E-state index in [-0.39, 0.29) is 23.7 Å². The van der Waals surface area contributed by atoms with Crippen molar-refractivity contribution in [2.75, 3.05) is 32.5 Å². The van der Waals surface area contributed by atoms with Crippen LogP contribution in [0.3, 0.4) is 0 Å². The van der Waals surface area contributed by atoms with E-state index in [1.54, 1.807) is 23.8 Å². The molecule has 0 aromatic heterocycles. The lowest BCUT2D eigenvalue weighted by atomic mass is 10.2. The Morgan fingerprint density at radius 1 is 1.32 bits per heavy atom. The zero-order valence-corrected chi connectivity index (χ0v) is 13.5. The molecule has 0 saturated carbocycles. The third kappa shape index (κ3) is 2.92. The Labute approximate surface area is 134 Å². The molecular formula is C16H20N2O3S. The van der Waals surface area contributed by atoms with Gasteiger partial charge in [-0.3, -0.25) is 9.59 Å². The lowest BCUT2D eigenvalue weighted by Crippen LogP contribution is -2.40. The van der Waals surface area contributed by atoms with Crippen LogP contribution in [0.5, 0.6) is 5.75 Å². The maximum atomic E-state index is 12.4. The van der Waals surface area contributed by atoms with Gasteiger partial charge in [0.1, 0.15) is 17.7 Å². The summed E-state index contributed by atoms with van der Waals surface area (Å²) in [5.41, 5.74) is 0.954. The second-order valence-electron chi connectivity index (χ2n) is 5.51. The van der Waals surface area contributed by atoms with E-state index in [0.29, 0.717) is 5.75 Å². The molecule has 2 heterocycles. The predicted octanol–water partition coefficient (Wildman–Crippen LogP) is 1.89. The van der Waals surface area contributed by atoms with Crippen LogP contribution in [0.1, 0.15) is 23.8 Å². The highest BCUT2D eigenvalue weighted by atomic mass is 32.2. The fourth-order valence-corrected chi connectivity index (χ4v) is 4.18. The van der Waals surface area contributed by atoms with E-state index in [9.17, 15) is 9.59 Å². The summed E-state index contributed by atoms with van der Waals surface area (Å²) in [6.07, 6.45) is 2.12. The number of methoxy groups -OCH3 is 1. The van der Waals surface area contributed by atoms with Crippen molar-refractivity contribution in [3.05, 3.63) is 29.8 Å². The highest BCUT2D eigenvalue weighted by Crippen LogP contribution is 2.42. The van der Waals surface area contributed by atoms with E-state index in [2.05, 4.69) is 0 Å². The molecule has 22 heavy (non-hydrogen) atoms. The number of carbonyl (C=O) groups excluding carboxylic acids is 2. The van der Waals surface area contributed by atoms with Crippen molar-refractivity contribution >= 4 is 23.6 Å². The summed E-state index contributed by atoms with van der Waals surface area (Å²) in [7, 11) is 1.62. The van der Waals surface area contributed by atoms with Gasteiger partial charge < -0.3 is 14.5 Å². The molecule has 118 valence electrons. The van der Waals surface area contributed by atoms with Crippen LogP contribution in [0.25, 0.3) is 0 Å². The first-order chi connectivity index (χ1) is 10.7. The number of likely N-dealkylation sites (tertiary alicyclic amines) is 1. The molecule has 2 fully saturated rings. The molecular weight excluding hydrogens is 300 g/mol. The van der Waals surface area contributed by atoms with Crippen molar-refractivity contribution in [1.29, 1.82) is 0 Å². The number of benzene rings is 1. The third-order valence-electron chi connectivity index (χ3n) is 4.14. The number of hydrogen-bond donors (Lipinski definition) is 0. The average molecular weight is 320 g/mol. The van der Waals surface area contributed by atoms with Crippen molar-refractivity contribution in [1.82, 2.24) is 9.80 Å². The summed E-state index contributed by atoms with van der Waals surface area (Å²) < 4.78 is 5.40. The SMILES string of the molecule is COc1ccccc1[C@@H]1SCC(=O)N1CC(=O)N1CCCC1. The van der Waals surface area contributed by atoms with Crippen LogP contribution in [-0.4, -0.2) is 54.1 Å². The number of rotatable bonds is 4. The van der Waals surface area contributed by atoms with Gasteiger partial charge in [-0.05, 0) is 18.9 Å². The molecule has 1 atom stereocenters. The van der Waals surface area contributed by atoms with Gasteiger partial charge in [0.05, 0.1) is 12.9 Å². The van der Waals surface area contributed by atoms with Gasteiger partial charge in [-0.15, -0.1) is 11.8 Å². The normalized spacial score (nSPS) is 21.5. The molecule has 2 aliphatic heterocycles. The molecule has 2 aliphatic rings. The Bertz CT molecular complexity index is 572. The van der Waals surface area contributed by atoms with E-state index in [1.165, 1.54) is 0 Å². The van der Waals surface area contributed by atoms with Gasteiger partial charge >= 0.3 is 0 Å². The highest BCUT2D eigenvalue weighted by molar-refractivity contribution is 8.00. The van der Waals surface area contributed by atoms with Gasteiger partial charge in [-0.1, -0.05) is 18.2 Å². The lowest BCUT2D eigenvalue weighted by molar-refractivity contribution is -0.138. The molecule has 5 nitrogen and oxygen atoms in total. The van der Waals surface area contributed by atoms with E-state index in [0.717, 1.165) is 37.2 Å². The number of amides is 2. The molecule has 3 rings (SSSR count). The number of ether oxygens (including phenoxy) is 1. The van der Waals surface area contributed by atoms with Crippen molar-refractivity contribution in [3.8, 4) is 5.75 Å². The van der Waals surface area contributed by atoms with Crippen LogP contribution in [0.15, 0.2) is 24.3 Å². The summed E-state index contributed by atoms with van der Waals surface area (Å²) in [6.45, 7) is 1.79. The fraction of sp³-hybridized carbons (Fsp3) is 0.500. The van der Waals surface area contributed by atoms with Gasteiger partial charge in [0.25, 0.3) is 0 Å². The van der Waals surface area contributed by atoms with E-state index >= 15 is 0 Å². The molecule has 2 saturated heterocycles. The first-order valence-electron chi connectivity index (χ1n) is 7.52. The second kappa shape index (κ2) is 6.60. The van der Waals surface area contributed by atoms with Gasteiger partial charge in [0, 0.05) is 18.7 Å². The standard InChI is InChI=1S/C16H20N2O3S/c1-21-13-7-3-2-6-12(13)16-18(15(20)11-22-16)10-14(19)17-8-4-5-9-17/h2-3,6-7,16H,4-5,8-11H2,1H3/t16-/m0/s1. The van der Waals surface area contributed by atoms with Crippen LogP contribution < -0.4 is 4.74 Å². The lowest BCUT2D eigenvalue weighted by Gasteiger charge is -2.27. The highest BCUT2D eigenvalue weighted by Gasteiger charge is 2.36. The molecule has 1 aromatic rings. The first-order valence-corrected chi connectivity index (χ1v) is 8.57. The zero-order chi connectivity index (χ0) is 15.5. The number of para-hydroxylation sites is 1. The van der Waals surface area contributed by atoms with Crippen LogP contribution >= 0.6 is 11.8 Å². The summed E-state index contributed by atoms with van der Waals surface area (Å²) >= 11 is 1.55. The summed E-state index contributed by atoms with van der Waals surface area (Å²) in [4.78, 5) is 28.1. The van der Waals surface area contributed by atoms with Crippen molar-refractivity contribution < 1.29 is 14.3 Å². The van der Waals surface area contributed by atoms with Gasteiger partial charge in [0.2, 0.25) is 11.8 Å². The van der Waals surface area contributed by atoms with Crippen LogP contribution in [-0.2, 0) is 9.59 Å². The van der Waals surface area contributed by atoms with Crippen molar-refractivity contribution in [2.24, 2.45) is 0 Å². The topological polar surface area (TPSA) is 49.9 Å². The molecule has 0 aliphatic carbocycles. The predicted molar refractivity (Wildman–Crippen MR) is 85.7 cm³/mol. The van der Waals surface area contributed by atoms with E-state index in [4.69, 9.17) is 4.74 Å². The monoisotopic (exact) mass is 320 g/mol. The average Bonchev–Trinajstić information content (AvgIpc) is 3.18. The number of nitrogens with zero attached hydrogens (tertiary/aromatic N) is 2. The van der Waals surface area contributed by atoms with Crippen LogP contribution in [0.2, 0.25) is 0 Å². The zero-order valence-electron chi connectivity index (χ0n) is 12.7. The van der Waals surface area contributed by atoms with E-state index in [1.807, 2.05) is 29.2 Å². The first kappa shape index (κ1) is 15.2. The maximum Gasteiger partial charge on any atom is 0.242 e. The minimum Gasteiger partial charge on any atom is -0.496 e.